The first kappa shape index (κ1) is 16.5. The summed E-state index contributed by atoms with van der Waals surface area (Å²) in [5.74, 6) is 0.893. The van der Waals surface area contributed by atoms with Gasteiger partial charge in [0.1, 0.15) is 12.4 Å². The van der Waals surface area contributed by atoms with E-state index in [1.54, 1.807) is 0 Å². The molecule has 4 heteroatoms. The van der Waals surface area contributed by atoms with Crippen LogP contribution in [0.4, 0.5) is 0 Å². The van der Waals surface area contributed by atoms with Crippen molar-refractivity contribution >= 4 is 10.9 Å². The summed E-state index contributed by atoms with van der Waals surface area (Å²) in [6.45, 7) is 4.72. The fourth-order valence-corrected chi connectivity index (χ4v) is 2.85. The van der Waals surface area contributed by atoms with Crippen molar-refractivity contribution in [2.45, 2.75) is 32.9 Å². The predicted molar refractivity (Wildman–Crippen MR) is 98.1 cm³/mol. The van der Waals surface area contributed by atoms with Gasteiger partial charge in [0.2, 0.25) is 0 Å². The van der Waals surface area contributed by atoms with Crippen LogP contribution >= 0.6 is 0 Å². The van der Waals surface area contributed by atoms with Gasteiger partial charge in [0.15, 0.2) is 0 Å². The van der Waals surface area contributed by atoms with Crippen molar-refractivity contribution < 1.29 is 4.74 Å². The van der Waals surface area contributed by atoms with Gasteiger partial charge in [0.05, 0.1) is 16.6 Å². The average molecular weight is 323 g/mol. The second-order valence-electron chi connectivity index (χ2n) is 6.22. The molecule has 126 valence electrons. The topological polar surface area (TPSA) is 41.2 Å². The van der Waals surface area contributed by atoms with Crippen molar-refractivity contribution in [2.24, 2.45) is 0 Å². The van der Waals surface area contributed by atoms with Crippen LogP contribution in [0.1, 0.15) is 31.0 Å². The van der Waals surface area contributed by atoms with Gasteiger partial charge in [-0.1, -0.05) is 49.7 Å². The van der Waals surface area contributed by atoms with E-state index in [0.717, 1.165) is 35.4 Å². The van der Waals surface area contributed by atoms with E-state index in [1.807, 2.05) is 36.4 Å². The van der Waals surface area contributed by atoms with Gasteiger partial charge in [0.25, 0.3) is 0 Å². The normalized spacial score (nSPS) is 11.3. The summed E-state index contributed by atoms with van der Waals surface area (Å²) in [4.78, 5) is 2.32. The second-order valence-corrected chi connectivity index (χ2v) is 6.22. The third-order valence-electron chi connectivity index (χ3n) is 4.18. The maximum Gasteiger partial charge on any atom is 0.131 e. The van der Waals surface area contributed by atoms with Crippen molar-refractivity contribution in [2.75, 3.05) is 13.6 Å². The number of benzene rings is 2. The number of hydrogen-bond acceptors (Lipinski definition) is 3. The Morgan fingerprint density at radius 1 is 1.08 bits per heavy atom. The van der Waals surface area contributed by atoms with Crippen LogP contribution in [0.25, 0.3) is 10.9 Å². The smallest absolute Gasteiger partial charge is 0.131 e. The van der Waals surface area contributed by atoms with Crippen LogP contribution < -0.4 is 4.74 Å². The Morgan fingerprint density at radius 3 is 2.71 bits per heavy atom. The minimum Gasteiger partial charge on any atom is -0.488 e. The highest BCUT2D eigenvalue weighted by atomic mass is 16.5. The summed E-state index contributed by atoms with van der Waals surface area (Å²) in [5, 5.41) is 8.72. The van der Waals surface area contributed by atoms with Crippen molar-refractivity contribution in [1.82, 2.24) is 15.1 Å². The lowest BCUT2D eigenvalue weighted by Crippen LogP contribution is -2.19. The molecule has 0 spiro atoms. The van der Waals surface area contributed by atoms with Crippen LogP contribution in [0.2, 0.25) is 0 Å². The Hall–Kier alpha value is -2.33. The first-order valence-electron chi connectivity index (χ1n) is 8.59. The Labute approximate surface area is 143 Å². The number of fused-ring (bicyclic) bond motifs is 1. The summed E-state index contributed by atoms with van der Waals surface area (Å²) in [5.41, 5.74) is 3.24. The molecule has 0 aliphatic heterocycles. The minimum atomic E-state index is 0.566. The first-order chi connectivity index (χ1) is 11.8. The molecule has 0 fully saturated rings. The van der Waals surface area contributed by atoms with Crippen molar-refractivity contribution in [3.8, 4) is 5.75 Å². The van der Waals surface area contributed by atoms with Crippen LogP contribution in [0.5, 0.6) is 5.75 Å². The van der Waals surface area contributed by atoms with E-state index in [0.29, 0.717) is 6.61 Å². The number of nitrogens with one attached hydrogen (secondary N) is 1. The van der Waals surface area contributed by atoms with Gasteiger partial charge in [-0.25, -0.2) is 0 Å². The van der Waals surface area contributed by atoms with Gasteiger partial charge < -0.3 is 9.64 Å². The summed E-state index contributed by atoms with van der Waals surface area (Å²) >= 11 is 0. The van der Waals surface area contributed by atoms with Crippen LogP contribution in [0, 0.1) is 0 Å². The van der Waals surface area contributed by atoms with E-state index in [4.69, 9.17) is 4.74 Å². The molecule has 0 saturated carbocycles. The Morgan fingerprint density at radius 2 is 1.92 bits per heavy atom. The third-order valence-corrected chi connectivity index (χ3v) is 4.18. The molecule has 0 bridgehead atoms. The van der Waals surface area contributed by atoms with Crippen LogP contribution in [-0.2, 0) is 13.2 Å². The lowest BCUT2D eigenvalue weighted by molar-refractivity contribution is 0.306. The zero-order valence-corrected chi connectivity index (χ0v) is 14.5. The van der Waals surface area contributed by atoms with Crippen molar-refractivity contribution in [1.29, 1.82) is 0 Å². The number of aromatic amines is 1. The first-order valence-corrected chi connectivity index (χ1v) is 8.59. The molecular formula is C20H25N3O. The molecular weight excluding hydrogens is 298 g/mol. The van der Waals surface area contributed by atoms with Gasteiger partial charge in [0, 0.05) is 6.54 Å². The van der Waals surface area contributed by atoms with E-state index in [-0.39, 0.29) is 0 Å². The molecule has 4 nitrogen and oxygen atoms in total. The third kappa shape index (κ3) is 3.95. The molecule has 1 N–H and O–H groups in total. The quantitative estimate of drug-likeness (QED) is 0.669. The summed E-state index contributed by atoms with van der Waals surface area (Å²) in [7, 11) is 2.15. The summed E-state index contributed by atoms with van der Waals surface area (Å²) in [6.07, 6.45) is 2.42. The van der Waals surface area contributed by atoms with Gasteiger partial charge >= 0.3 is 0 Å². The van der Waals surface area contributed by atoms with Crippen LogP contribution in [0.15, 0.2) is 48.5 Å². The maximum absolute atomic E-state index is 6.09. The standard InChI is InChI=1S/C20H25N3O/c1-3-4-13-23(2)14-18-20-17(21-22-18)11-8-12-19(20)24-15-16-9-6-5-7-10-16/h5-12H,3-4,13-15H2,1-2H3,(H,21,22). The van der Waals surface area contributed by atoms with E-state index in [2.05, 4.69) is 41.2 Å². The molecule has 0 atom stereocenters. The van der Waals surface area contributed by atoms with E-state index < -0.39 is 0 Å². The number of hydrogen-bond donors (Lipinski definition) is 1. The van der Waals surface area contributed by atoms with Gasteiger partial charge in [-0.3, -0.25) is 5.10 Å². The number of ether oxygens (including phenoxy) is 1. The van der Waals surface area contributed by atoms with Gasteiger partial charge in [-0.05, 0) is 37.7 Å². The maximum atomic E-state index is 6.09. The average Bonchev–Trinajstić information content (AvgIpc) is 3.02. The zero-order valence-electron chi connectivity index (χ0n) is 14.5. The number of H-pyrrole nitrogens is 1. The highest BCUT2D eigenvalue weighted by molar-refractivity contribution is 5.87. The van der Waals surface area contributed by atoms with Crippen molar-refractivity contribution in [3.05, 3.63) is 59.8 Å². The number of rotatable bonds is 8. The Kier molecular flexibility index (Phi) is 5.49. The molecule has 0 saturated heterocycles. The summed E-state index contributed by atoms with van der Waals surface area (Å²) < 4.78 is 6.09. The zero-order chi connectivity index (χ0) is 16.8. The highest BCUT2D eigenvalue weighted by Crippen LogP contribution is 2.28. The second kappa shape index (κ2) is 7.97. The number of unbranched alkanes of at least 4 members (excludes halogenated alkanes) is 1. The lowest BCUT2D eigenvalue weighted by atomic mass is 10.1. The molecule has 1 heterocycles. The van der Waals surface area contributed by atoms with Crippen molar-refractivity contribution in [3.63, 3.8) is 0 Å². The molecule has 0 unspecified atom stereocenters. The fourth-order valence-electron chi connectivity index (χ4n) is 2.85. The molecule has 0 amide bonds. The molecule has 0 aliphatic rings. The van der Waals surface area contributed by atoms with E-state index in [9.17, 15) is 0 Å². The predicted octanol–water partition coefficient (Wildman–Crippen LogP) is 4.37. The number of aromatic nitrogens is 2. The molecule has 1 aromatic heterocycles. The largest absolute Gasteiger partial charge is 0.488 e. The molecule has 0 aliphatic carbocycles. The lowest BCUT2D eigenvalue weighted by Gasteiger charge is -2.16. The molecule has 24 heavy (non-hydrogen) atoms. The van der Waals surface area contributed by atoms with E-state index in [1.165, 1.54) is 18.4 Å². The molecule has 0 radical (unpaired) electrons. The van der Waals surface area contributed by atoms with Crippen LogP contribution in [-0.4, -0.2) is 28.7 Å². The van der Waals surface area contributed by atoms with Gasteiger partial charge in [-0.2, -0.15) is 5.10 Å². The van der Waals surface area contributed by atoms with Gasteiger partial charge in [-0.15, -0.1) is 0 Å². The molecule has 3 aromatic rings. The fraction of sp³-hybridized carbons (Fsp3) is 0.350. The number of nitrogens with zero attached hydrogens (tertiary/aromatic N) is 2. The SMILES string of the molecule is CCCCN(C)Cc1[nH]nc2cccc(OCc3ccccc3)c12. The van der Waals surface area contributed by atoms with E-state index >= 15 is 0 Å². The highest BCUT2D eigenvalue weighted by Gasteiger charge is 2.13. The summed E-state index contributed by atoms with van der Waals surface area (Å²) in [6, 6.07) is 16.3. The Bertz CT molecular complexity index is 767. The minimum absolute atomic E-state index is 0.566. The molecule has 3 rings (SSSR count). The monoisotopic (exact) mass is 323 g/mol. The van der Waals surface area contributed by atoms with Crippen LogP contribution in [0.3, 0.4) is 0 Å². The molecule has 2 aromatic carbocycles. The Balaban J connectivity index is 1.79.